The Morgan fingerprint density at radius 1 is 1.07 bits per heavy atom. The molecule has 0 radical (unpaired) electrons. The minimum absolute atomic E-state index is 0.0507. The zero-order chi connectivity index (χ0) is 32.7. The SMILES string of the molecule is C=C1C[C@](OC)([C@H](O)C(=O)N[C@@H]2OCO[C@H]3[C@@H]2O[C@H](C[C@@H](CCCCCCCC(=O)O)OC)C(C)(C)[C@@H]3OC)O[C@H](C)[C@@H]1C. The molecule has 0 unspecified atom stereocenters. The van der Waals surface area contributed by atoms with Crippen LogP contribution in [0.4, 0.5) is 0 Å². The van der Waals surface area contributed by atoms with E-state index in [-0.39, 0.29) is 50.0 Å². The summed E-state index contributed by atoms with van der Waals surface area (Å²) in [6, 6.07) is 0. The molecule has 3 rings (SSSR count). The predicted molar refractivity (Wildman–Crippen MR) is 161 cm³/mol. The van der Waals surface area contributed by atoms with Crippen LogP contribution in [0.5, 0.6) is 0 Å². The fourth-order valence-electron chi connectivity index (χ4n) is 6.68. The number of rotatable bonds is 16. The Bertz CT molecular complexity index is 960. The first-order valence-corrected chi connectivity index (χ1v) is 15.9. The number of hydrogen-bond donors (Lipinski definition) is 3. The van der Waals surface area contributed by atoms with E-state index in [2.05, 4.69) is 25.7 Å². The third-order valence-electron chi connectivity index (χ3n) is 9.80. The summed E-state index contributed by atoms with van der Waals surface area (Å²) in [5, 5.41) is 22.8. The Morgan fingerprint density at radius 3 is 2.36 bits per heavy atom. The van der Waals surface area contributed by atoms with Crippen LogP contribution >= 0.6 is 0 Å². The van der Waals surface area contributed by atoms with Gasteiger partial charge in [-0.05, 0) is 19.8 Å². The molecule has 0 aromatic rings. The van der Waals surface area contributed by atoms with Crippen LogP contribution in [0.3, 0.4) is 0 Å². The Morgan fingerprint density at radius 2 is 1.75 bits per heavy atom. The molecule has 3 heterocycles. The van der Waals surface area contributed by atoms with Crippen LogP contribution < -0.4 is 5.32 Å². The number of carbonyl (C=O) groups excluding carboxylic acids is 1. The molecule has 3 aliphatic rings. The molecule has 12 heteroatoms. The van der Waals surface area contributed by atoms with Gasteiger partial charge in [0.15, 0.2) is 12.3 Å². The number of unbranched alkanes of at least 4 members (excludes halogenated alkanes) is 4. The average Bonchev–Trinajstić information content (AvgIpc) is 2.98. The normalized spacial score (nSPS) is 35.0. The highest BCUT2D eigenvalue weighted by molar-refractivity contribution is 5.82. The van der Waals surface area contributed by atoms with E-state index in [1.165, 1.54) is 7.11 Å². The van der Waals surface area contributed by atoms with E-state index >= 15 is 0 Å². The lowest BCUT2D eigenvalue weighted by atomic mass is 9.72. The van der Waals surface area contributed by atoms with Gasteiger partial charge in [-0.3, -0.25) is 9.59 Å². The lowest BCUT2D eigenvalue weighted by molar-refractivity contribution is -0.333. The number of amides is 1. The molecule has 10 atom stereocenters. The number of fused-ring (bicyclic) bond motifs is 1. The summed E-state index contributed by atoms with van der Waals surface area (Å²) in [6.07, 6.45) is 1.44. The predicted octanol–water partition coefficient (Wildman–Crippen LogP) is 3.54. The molecule has 254 valence electrons. The second kappa shape index (κ2) is 16.3. The first-order valence-electron chi connectivity index (χ1n) is 15.9. The van der Waals surface area contributed by atoms with Crippen molar-refractivity contribution >= 4 is 11.9 Å². The van der Waals surface area contributed by atoms with Crippen molar-refractivity contribution in [1.82, 2.24) is 5.32 Å². The van der Waals surface area contributed by atoms with Crippen molar-refractivity contribution in [3.8, 4) is 0 Å². The van der Waals surface area contributed by atoms with Gasteiger partial charge in [-0.1, -0.05) is 58.6 Å². The lowest BCUT2D eigenvalue weighted by Gasteiger charge is -2.54. The molecule has 3 N–H and O–H groups in total. The second-order valence-electron chi connectivity index (χ2n) is 13.1. The van der Waals surface area contributed by atoms with Crippen molar-refractivity contribution in [1.29, 1.82) is 0 Å². The number of nitrogens with one attached hydrogen (secondary N) is 1. The van der Waals surface area contributed by atoms with Crippen molar-refractivity contribution in [2.75, 3.05) is 28.1 Å². The van der Waals surface area contributed by atoms with Crippen LogP contribution in [0.15, 0.2) is 12.2 Å². The molecule has 0 bridgehead atoms. The quantitative estimate of drug-likeness (QED) is 0.170. The number of carbonyl (C=O) groups is 2. The minimum atomic E-state index is -1.65. The van der Waals surface area contributed by atoms with Crippen molar-refractivity contribution in [2.24, 2.45) is 11.3 Å². The van der Waals surface area contributed by atoms with Crippen molar-refractivity contribution in [3.05, 3.63) is 12.2 Å². The summed E-state index contributed by atoms with van der Waals surface area (Å²) in [6.45, 7) is 12.0. The van der Waals surface area contributed by atoms with Crippen LogP contribution in [0.25, 0.3) is 0 Å². The summed E-state index contributed by atoms with van der Waals surface area (Å²) in [5.74, 6) is -3.00. The van der Waals surface area contributed by atoms with E-state index < -0.39 is 47.6 Å². The van der Waals surface area contributed by atoms with Gasteiger partial charge < -0.3 is 48.7 Å². The van der Waals surface area contributed by atoms with E-state index in [4.69, 9.17) is 38.3 Å². The van der Waals surface area contributed by atoms with Gasteiger partial charge in [0.05, 0.1) is 24.4 Å². The summed E-state index contributed by atoms with van der Waals surface area (Å²) in [7, 11) is 4.73. The number of methoxy groups -OCH3 is 3. The molecule has 12 nitrogen and oxygen atoms in total. The first kappa shape index (κ1) is 36.8. The van der Waals surface area contributed by atoms with E-state index in [1.807, 2.05) is 13.8 Å². The Labute approximate surface area is 262 Å². The van der Waals surface area contributed by atoms with Gasteiger partial charge >= 0.3 is 5.97 Å². The molecule has 3 fully saturated rings. The van der Waals surface area contributed by atoms with Gasteiger partial charge in [-0.15, -0.1) is 0 Å². The van der Waals surface area contributed by atoms with Crippen LogP contribution in [0.1, 0.15) is 85.5 Å². The molecule has 3 aliphatic heterocycles. The number of hydrogen-bond acceptors (Lipinski definition) is 10. The van der Waals surface area contributed by atoms with Crippen molar-refractivity contribution in [2.45, 2.75) is 140 Å². The van der Waals surface area contributed by atoms with E-state index in [9.17, 15) is 14.7 Å². The first-order chi connectivity index (χ1) is 20.8. The fraction of sp³-hybridized carbons (Fsp3) is 0.875. The maximum absolute atomic E-state index is 13.5. The van der Waals surface area contributed by atoms with Crippen molar-refractivity contribution < 1.29 is 53.0 Å². The highest BCUT2D eigenvalue weighted by Gasteiger charge is 2.57. The molecular formula is C32H55NO11. The Balaban J connectivity index is 1.67. The lowest BCUT2D eigenvalue weighted by Crippen LogP contribution is -2.69. The number of carboxylic acid groups (broad SMARTS) is 1. The smallest absolute Gasteiger partial charge is 0.303 e. The standard InChI is InChI=1S/C32H55NO11/c1-19-17-32(40-8,44-21(3)20(19)2)27(36)29(37)33-30-26-25(41-18-42-30)28(39-7)31(4,5)23(43-26)16-22(38-6)14-12-10-9-11-13-15-24(34)35/h20-23,25-28,30,36H,1,9-18H2,2-8H3,(H,33,37)(H,34,35)/t20-,21-,22-,23-,25+,26+,27-,28-,30-,32-/m1/s1. The monoisotopic (exact) mass is 629 g/mol. The Kier molecular flexibility index (Phi) is 13.6. The minimum Gasteiger partial charge on any atom is -0.481 e. The van der Waals surface area contributed by atoms with Gasteiger partial charge in [0.2, 0.25) is 5.79 Å². The van der Waals surface area contributed by atoms with Gasteiger partial charge in [0, 0.05) is 51.9 Å². The van der Waals surface area contributed by atoms with Crippen molar-refractivity contribution in [3.63, 3.8) is 0 Å². The number of ether oxygens (including phenoxy) is 7. The number of aliphatic hydroxyl groups excluding tert-OH is 1. The maximum atomic E-state index is 13.5. The topological polar surface area (TPSA) is 151 Å². The van der Waals surface area contributed by atoms with Gasteiger partial charge in [0.25, 0.3) is 5.91 Å². The van der Waals surface area contributed by atoms with E-state index in [0.29, 0.717) is 12.8 Å². The van der Waals surface area contributed by atoms with Crippen LogP contribution in [0, 0.1) is 11.3 Å². The van der Waals surface area contributed by atoms with Gasteiger partial charge in [0.1, 0.15) is 19.0 Å². The van der Waals surface area contributed by atoms with Gasteiger partial charge in [-0.25, -0.2) is 0 Å². The molecule has 3 saturated heterocycles. The summed E-state index contributed by atoms with van der Waals surface area (Å²) in [5.41, 5.74) is 0.368. The highest BCUT2D eigenvalue weighted by atomic mass is 16.7. The van der Waals surface area contributed by atoms with E-state index in [0.717, 1.165) is 37.7 Å². The summed E-state index contributed by atoms with van der Waals surface area (Å²) in [4.78, 5) is 24.2. The van der Waals surface area contributed by atoms with Crippen LogP contribution in [-0.2, 0) is 42.7 Å². The van der Waals surface area contributed by atoms with Crippen LogP contribution in [-0.4, -0.2) is 105 Å². The van der Waals surface area contributed by atoms with E-state index in [1.54, 1.807) is 14.2 Å². The molecule has 0 aromatic heterocycles. The average molecular weight is 630 g/mol. The molecule has 0 saturated carbocycles. The second-order valence-corrected chi connectivity index (χ2v) is 13.1. The van der Waals surface area contributed by atoms with Crippen LogP contribution in [0.2, 0.25) is 0 Å². The molecule has 0 aliphatic carbocycles. The molecule has 0 spiro atoms. The zero-order valence-electron chi connectivity index (χ0n) is 27.5. The summed E-state index contributed by atoms with van der Waals surface area (Å²) < 4.78 is 41.9. The number of aliphatic carboxylic acids is 1. The number of carboxylic acids is 1. The fourth-order valence-corrected chi connectivity index (χ4v) is 6.68. The zero-order valence-corrected chi connectivity index (χ0v) is 27.5. The molecular weight excluding hydrogens is 574 g/mol. The molecule has 44 heavy (non-hydrogen) atoms. The number of aliphatic hydroxyl groups is 1. The Hall–Kier alpha value is -1.64. The third-order valence-corrected chi connectivity index (χ3v) is 9.80. The largest absolute Gasteiger partial charge is 0.481 e. The summed E-state index contributed by atoms with van der Waals surface area (Å²) >= 11 is 0. The third kappa shape index (κ3) is 8.58. The molecule has 0 aromatic carbocycles. The molecule has 1 amide bonds. The van der Waals surface area contributed by atoms with Gasteiger partial charge in [-0.2, -0.15) is 0 Å². The highest BCUT2D eigenvalue weighted by Crippen LogP contribution is 2.44. The maximum Gasteiger partial charge on any atom is 0.303 e.